The second kappa shape index (κ2) is 5.29. The summed E-state index contributed by atoms with van der Waals surface area (Å²) in [6, 6.07) is 15.3. The topological polar surface area (TPSA) is 29.3 Å². The lowest BCUT2D eigenvalue weighted by atomic mass is 10.0. The van der Waals surface area contributed by atoms with Crippen molar-refractivity contribution in [1.82, 2.24) is 0 Å². The Morgan fingerprint density at radius 3 is 2.70 bits per heavy atom. The average Bonchev–Trinajstić information content (AvgIpc) is 2.85. The number of anilines is 1. The number of rotatable bonds is 3. The van der Waals surface area contributed by atoms with Gasteiger partial charge in [0.15, 0.2) is 0 Å². The normalized spacial score (nSPS) is 15.2. The lowest BCUT2D eigenvalue weighted by molar-refractivity contribution is 0.680. The van der Waals surface area contributed by atoms with Crippen LogP contribution in [0.25, 0.3) is 0 Å². The molecule has 0 spiro atoms. The molecular weight excluding hydrogens is 244 g/mol. The van der Waals surface area contributed by atoms with E-state index in [1.165, 1.54) is 27.9 Å². The van der Waals surface area contributed by atoms with Crippen LogP contribution in [-0.2, 0) is 6.42 Å². The van der Waals surface area contributed by atoms with Gasteiger partial charge in [0.1, 0.15) is 0 Å². The summed E-state index contributed by atoms with van der Waals surface area (Å²) in [5.74, 6) is 0. The Morgan fingerprint density at radius 2 is 1.90 bits per heavy atom. The Balaban J connectivity index is 1.77. The van der Waals surface area contributed by atoms with Crippen LogP contribution in [0.5, 0.6) is 0 Å². The molecule has 0 bridgehead atoms. The molecule has 0 saturated carbocycles. The van der Waals surface area contributed by atoms with E-state index < -0.39 is 0 Å². The first-order valence-corrected chi connectivity index (χ1v) is 7.31. The minimum Gasteiger partial charge on any atom is -0.369 e. The summed E-state index contributed by atoms with van der Waals surface area (Å²) in [6.07, 6.45) is 1.13. The molecule has 0 amide bonds. The van der Waals surface area contributed by atoms with Gasteiger partial charge in [-0.2, -0.15) is 0 Å². The molecule has 2 aromatic carbocycles. The number of fused-ring (bicyclic) bond motifs is 1. The van der Waals surface area contributed by atoms with Crippen molar-refractivity contribution in [2.45, 2.75) is 26.3 Å². The first-order chi connectivity index (χ1) is 9.65. The van der Waals surface area contributed by atoms with Crippen LogP contribution < -0.4 is 10.6 Å². The maximum atomic E-state index is 6.41. The molecule has 2 nitrogen and oxygen atoms in total. The van der Waals surface area contributed by atoms with Crippen LogP contribution in [0, 0.1) is 13.8 Å². The first-order valence-electron chi connectivity index (χ1n) is 7.31. The van der Waals surface area contributed by atoms with Gasteiger partial charge >= 0.3 is 0 Å². The molecular formula is C18H22N2. The van der Waals surface area contributed by atoms with E-state index in [4.69, 9.17) is 5.73 Å². The number of hydrogen-bond donors (Lipinski definition) is 1. The van der Waals surface area contributed by atoms with E-state index in [0.717, 1.165) is 19.5 Å². The number of nitrogens with two attached hydrogens (primary N) is 1. The molecule has 0 radical (unpaired) electrons. The number of nitrogens with zero attached hydrogens (tertiary/aromatic N) is 1. The molecule has 2 heteroatoms. The molecule has 1 aliphatic rings. The second-order valence-electron chi connectivity index (χ2n) is 5.77. The van der Waals surface area contributed by atoms with E-state index in [0.29, 0.717) is 0 Å². The van der Waals surface area contributed by atoms with Gasteiger partial charge in [0, 0.05) is 24.8 Å². The molecule has 20 heavy (non-hydrogen) atoms. The van der Waals surface area contributed by atoms with Gasteiger partial charge in [0.05, 0.1) is 0 Å². The van der Waals surface area contributed by atoms with Gasteiger partial charge in [-0.05, 0) is 48.6 Å². The minimum absolute atomic E-state index is 0.0699. The highest BCUT2D eigenvalue weighted by atomic mass is 15.2. The Hall–Kier alpha value is -1.80. The fourth-order valence-electron chi connectivity index (χ4n) is 2.93. The van der Waals surface area contributed by atoms with Gasteiger partial charge in [-0.15, -0.1) is 0 Å². The lowest BCUT2D eigenvalue weighted by Crippen LogP contribution is -2.30. The van der Waals surface area contributed by atoms with Crippen molar-refractivity contribution < 1.29 is 0 Å². The summed E-state index contributed by atoms with van der Waals surface area (Å²) in [6.45, 7) is 6.26. The maximum Gasteiger partial charge on any atom is 0.0473 e. The number of aryl methyl sites for hydroxylation is 2. The third-order valence-electron chi connectivity index (χ3n) is 4.36. The third-order valence-corrected chi connectivity index (χ3v) is 4.36. The van der Waals surface area contributed by atoms with Gasteiger partial charge in [0.25, 0.3) is 0 Å². The molecule has 0 fully saturated rings. The lowest BCUT2D eigenvalue weighted by Gasteiger charge is -2.24. The SMILES string of the molecule is Cc1ccc(C(N)CN2CCc3ccccc32)cc1C. The summed E-state index contributed by atoms with van der Waals surface area (Å²) in [5, 5.41) is 0. The largest absolute Gasteiger partial charge is 0.369 e. The number of para-hydroxylation sites is 1. The molecule has 1 unspecified atom stereocenters. The molecule has 1 aliphatic heterocycles. The molecule has 1 heterocycles. The monoisotopic (exact) mass is 266 g/mol. The van der Waals surface area contributed by atoms with Crippen molar-refractivity contribution in [1.29, 1.82) is 0 Å². The Morgan fingerprint density at radius 1 is 1.10 bits per heavy atom. The second-order valence-corrected chi connectivity index (χ2v) is 5.77. The van der Waals surface area contributed by atoms with Gasteiger partial charge in [-0.25, -0.2) is 0 Å². The highest BCUT2D eigenvalue weighted by Crippen LogP contribution is 2.29. The highest BCUT2D eigenvalue weighted by Gasteiger charge is 2.20. The van der Waals surface area contributed by atoms with Crippen LogP contribution in [0.1, 0.15) is 28.3 Å². The van der Waals surface area contributed by atoms with Crippen LogP contribution in [-0.4, -0.2) is 13.1 Å². The van der Waals surface area contributed by atoms with E-state index in [1.54, 1.807) is 0 Å². The zero-order chi connectivity index (χ0) is 14.1. The molecule has 0 aromatic heterocycles. The molecule has 3 rings (SSSR count). The third kappa shape index (κ3) is 2.44. The minimum atomic E-state index is 0.0699. The average molecular weight is 266 g/mol. The summed E-state index contributed by atoms with van der Waals surface area (Å²) in [5.41, 5.74) is 13.1. The van der Waals surface area contributed by atoms with Crippen molar-refractivity contribution in [2.75, 3.05) is 18.0 Å². The predicted molar refractivity (Wildman–Crippen MR) is 85.2 cm³/mol. The van der Waals surface area contributed by atoms with Crippen molar-refractivity contribution in [3.8, 4) is 0 Å². The van der Waals surface area contributed by atoms with E-state index in [-0.39, 0.29) is 6.04 Å². The van der Waals surface area contributed by atoms with Gasteiger partial charge in [-0.1, -0.05) is 36.4 Å². The van der Waals surface area contributed by atoms with Gasteiger partial charge in [0.2, 0.25) is 0 Å². The summed E-state index contributed by atoms with van der Waals surface area (Å²) in [7, 11) is 0. The van der Waals surface area contributed by atoms with Crippen molar-refractivity contribution in [3.05, 3.63) is 64.7 Å². The van der Waals surface area contributed by atoms with Crippen LogP contribution in [0.2, 0.25) is 0 Å². The van der Waals surface area contributed by atoms with E-state index >= 15 is 0 Å². The van der Waals surface area contributed by atoms with E-state index in [2.05, 4.69) is 61.2 Å². The van der Waals surface area contributed by atoms with Crippen LogP contribution in [0.4, 0.5) is 5.69 Å². The van der Waals surface area contributed by atoms with Gasteiger partial charge in [-0.3, -0.25) is 0 Å². The zero-order valence-electron chi connectivity index (χ0n) is 12.3. The van der Waals surface area contributed by atoms with Gasteiger partial charge < -0.3 is 10.6 Å². The fraction of sp³-hybridized carbons (Fsp3) is 0.333. The molecule has 2 aromatic rings. The van der Waals surface area contributed by atoms with Crippen LogP contribution in [0.3, 0.4) is 0 Å². The Labute approximate surface area is 121 Å². The molecule has 2 N–H and O–H groups in total. The smallest absolute Gasteiger partial charge is 0.0473 e. The van der Waals surface area contributed by atoms with Crippen molar-refractivity contribution in [2.24, 2.45) is 5.73 Å². The quantitative estimate of drug-likeness (QED) is 0.923. The molecule has 104 valence electrons. The van der Waals surface area contributed by atoms with Crippen molar-refractivity contribution in [3.63, 3.8) is 0 Å². The Kier molecular flexibility index (Phi) is 3.49. The fourth-order valence-corrected chi connectivity index (χ4v) is 2.93. The van der Waals surface area contributed by atoms with E-state index in [1.807, 2.05) is 0 Å². The Bertz CT molecular complexity index is 619. The van der Waals surface area contributed by atoms with Crippen LogP contribution >= 0.6 is 0 Å². The summed E-state index contributed by atoms with van der Waals surface area (Å²) >= 11 is 0. The summed E-state index contributed by atoms with van der Waals surface area (Å²) < 4.78 is 0. The predicted octanol–water partition coefficient (Wildman–Crippen LogP) is 3.37. The standard InChI is InChI=1S/C18H22N2/c1-13-7-8-16(11-14(13)2)17(19)12-20-10-9-15-5-3-4-6-18(15)20/h3-8,11,17H,9-10,12,19H2,1-2H3. The van der Waals surface area contributed by atoms with E-state index in [9.17, 15) is 0 Å². The van der Waals surface area contributed by atoms with Crippen LogP contribution in [0.15, 0.2) is 42.5 Å². The summed E-state index contributed by atoms with van der Waals surface area (Å²) in [4.78, 5) is 2.41. The van der Waals surface area contributed by atoms with Crippen molar-refractivity contribution >= 4 is 5.69 Å². The number of benzene rings is 2. The zero-order valence-corrected chi connectivity index (χ0v) is 12.3. The molecule has 0 aliphatic carbocycles. The first kappa shape index (κ1) is 13.2. The maximum absolute atomic E-state index is 6.41. The number of hydrogen-bond acceptors (Lipinski definition) is 2. The highest BCUT2D eigenvalue weighted by molar-refractivity contribution is 5.58. The molecule has 0 saturated heterocycles. The molecule has 1 atom stereocenters.